The molecule has 0 aromatic heterocycles. The summed E-state index contributed by atoms with van der Waals surface area (Å²) in [5, 5.41) is 7.23. The molecule has 2 fully saturated rings. The van der Waals surface area contributed by atoms with Crippen LogP contribution >= 0.6 is 12.2 Å². The topological polar surface area (TPSA) is 44.4 Å². The molecule has 3 atom stereocenters. The van der Waals surface area contributed by atoms with E-state index in [1.807, 2.05) is 32.6 Å². The van der Waals surface area contributed by atoms with Gasteiger partial charge >= 0.3 is 0 Å². The molecule has 0 radical (unpaired) electrons. The van der Waals surface area contributed by atoms with E-state index < -0.39 is 0 Å². The lowest BCUT2D eigenvalue weighted by Gasteiger charge is -2.31. The molecule has 2 aliphatic rings. The summed E-state index contributed by atoms with van der Waals surface area (Å²) >= 11 is 5.52. The van der Waals surface area contributed by atoms with Crippen LogP contribution in [0.4, 0.5) is 0 Å². The number of hydrogen-bond acceptors (Lipinski definition) is 2. The third-order valence-corrected chi connectivity index (χ3v) is 4.94. The van der Waals surface area contributed by atoms with Gasteiger partial charge in [0, 0.05) is 18.1 Å². The fraction of sp³-hybridized carbons (Fsp3) is 0.875. The maximum atomic E-state index is 12.1. The minimum Gasteiger partial charge on any atom is -0.360 e. The van der Waals surface area contributed by atoms with Crippen LogP contribution in [0.15, 0.2) is 0 Å². The minimum atomic E-state index is -0.198. The van der Waals surface area contributed by atoms with E-state index in [0.717, 1.165) is 23.5 Å². The van der Waals surface area contributed by atoms with Crippen molar-refractivity contribution in [2.75, 3.05) is 13.1 Å². The standard InChI is InChI=1S/C16H29N3OS/c1-5-19(10-14(20)18-16(2,3)4)15(21)17-13-9-11-6-7-12(13)8-11/h11-13H,5-10H2,1-4H3,(H,17,21)(H,18,20)/t11-,12-,13+/m0/s1. The van der Waals surface area contributed by atoms with Crippen LogP contribution in [0.25, 0.3) is 0 Å². The van der Waals surface area contributed by atoms with Gasteiger partial charge in [0.1, 0.15) is 0 Å². The minimum absolute atomic E-state index is 0.0291. The lowest BCUT2D eigenvalue weighted by molar-refractivity contribution is -0.122. The van der Waals surface area contributed by atoms with E-state index in [9.17, 15) is 4.79 Å². The van der Waals surface area contributed by atoms with Crippen molar-refractivity contribution in [2.24, 2.45) is 11.8 Å². The molecule has 4 nitrogen and oxygen atoms in total. The number of hydrogen-bond donors (Lipinski definition) is 2. The smallest absolute Gasteiger partial charge is 0.240 e. The number of likely N-dealkylation sites (N-methyl/N-ethyl adjacent to an activating group) is 1. The molecular formula is C16H29N3OS. The van der Waals surface area contributed by atoms with Gasteiger partial charge in [0.25, 0.3) is 0 Å². The fourth-order valence-electron chi connectivity index (χ4n) is 3.63. The highest BCUT2D eigenvalue weighted by Gasteiger charge is 2.40. The average molecular weight is 311 g/mol. The third kappa shape index (κ3) is 4.56. The maximum Gasteiger partial charge on any atom is 0.240 e. The highest BCUT2D eigenvalue weighted by Crippen LogP contribution is 2.44. The Morgan fingerprint density at radius 3 is 2.48 bits per heavy atom. The van der Waals surface area contributed by atoms with Gasteiger partial charge in [0.15, 0.2) is 5.11 Å². The lowest BCUT2D eigenvalue weighted by atomic mass is 9.95. The first-order valence-electron chi connectivity index (χ1n) is 8.15. The van der Waals surface area contributed by atoms with Gasteiger partial charge in [0.2, 0.25) is 5.91 Å². The predicted molar refractivity (Wildman–Crippen MR) is 90.1 cm³/mol. The first-order chi connectivity index (χ1) is 9.78. The zero-order valence-corrected chi connectivity index (χ0v) is 14.6. The molecule has 1 amide bonds. The molecule has 5 heteroatoms. The van der Waals surface area contributed by atoms with Gasteiger partial charge < -0.3 is 15.5 Å². The van der Waals surface area contributed by atoms with E-state index >= 15 is 0 Å². The molecule has 2 rings (SSSR count). The maximum absolute atomic E-state index is 12.1. The molecule has 2 bridgehead atoms. The normalized spacial score (nSPS) is 27.5. The average Bonchev–Trinajstić information content (AvgIpc) is 2.95. The Balaban J connectivity index is 1.82. The van der Waals surface area contributed by atoms with Gasteiger partial charge in [-0.3, -0.25) is 4.79 Å². The Morgan fingerprint density at radius 1 is 1.29 bits per heavy atom. The molecule has 2 aliphatic carbocycles. The van der Waals surface area contributed by atoms with Crippen LogP contribution in [0, 0.1) is 11.8 Å². The van der Waals surface area contributed by atoms with Gasteiger partial charge in [-0.05, 0) is 71.0 Å². The second kappa shape index (κ2) is 6.51. The fourth-order valence-corrected chi connectivity index (χ4v) is 3.97. The molecule has 120 valence electrons. The van der Waals surface area contributed by atoms with Crippen molar-refractivity contribution in [3.05, 3.63) is 0 Å². The van der Waals surface area contributed by atoms with Crippen LogP contribution in [0.1, 0.15) is 53.4 Å². The Morgan fingerprint density at radius 2 is 2.00 bits per heavy atom. The monoisotopic (exact) mass is 311 g/mol. The first-order valence-corrected chi connectivity index (χ1v) is 8.55. The van der Waals surface area contributed by atoms with Crippen LogP contribution in [0.3, 0.4) is 0 Å². The van der Waals surface area contributed by atoms with Crippen LogP contribution in [-0.4, -0.2) is 40.6 Å². The molecule has 2 saturated carbocycles. The summed E-state index contributed by atoms with van der Waals surface area (Å²) in [6.07, 6.45) is 5.33. The Kier molecular flexibility index (Phi) is 5.12. The molecule has 0 spiro atoms. The summed E-state index contributed by atoms with van der Waals surface area (Å²) in [6.45, 7) is 9.11. The van der Waals surface area contributed by atoms with E-state index in [0.29, 0.717) is 12.6 Å². The van der Waals surface area contributed by atoms with Gasteiger partial charge in [-0.2, -0.15) is 0 Å². The zero-order valence-electron chi connectivity index (χ0n) is 13.7. The first kappa shape index (κ1) is 16.5. The largest absolute Gasteiger partial charge is 0.360 e. The molecule has 0 heterocycles. The van der Waals surface area contributed by atoms with Gasteiger partial charge in [-0.25, -0.2) is 0 Å². The summed E-state index contributed by atoms with van der Waals surface area (Å²) < 4.78 is 0. The van der Waals surface area contributed by atoms with Crippen LogP contribution in [0.5, 0.6) is 0 Å². The number of nitrogens with one attached hydrogen (secondary N) is 2. The van der Waals surface area contributed by atoms with Crippen molar-refractivity contribution in [2.45, 2.75) is 65.0 Å². The number of thiocarbonyl (C=S) groups is 1. The Hall–Kier alpha value is -0.840. The molecule has 0 saturated heterocycles. The Bertz CT molecular complexity index is 405. The van der Waals surface area contributed by atoms with E-state index in [2.05, 4.69) is 10.6 Å². The molecule has 0 aliphatic heterocycles. The number of carbonyl (C=O) groups excluding carboxylic acids is 1. The highest BCUT2D eigenvalue weighted by molar-refractivity contribution is 7.80. The lowest BCUT2D eigenvalue weighted by Crippen LogP contribution is -2.51. The number of carbonyl (C=O) groups is 1. The van der Waals surface area contributed by atoms with E-state index in [1.54, 1.807) is 0 Å². The van der Waals surface area contributed by atoms with Crippen molar-refractivity contribution < 1.29 is 4.79 Å². The molecule has 2 N–H and O–H groups in total. The van der Waals surface area contributed by atoms with Crippen molar-refractivity contribution >= 4 is 23.2 Å². The third-order valence-electron chi connectivity index (χ3n) is 4.56. The second-order valence-corrected chi connectivity index (χ2v) is 7.93. The van der Waals surface area contributed by atoms with Crippen LogP contribution in [-0.2, 0) is 4.79 Å². The number of rotatable bonds is 4. The molecule has 0 aromatic carbocycles. The van der Waals surface area contributed by atoms with E-state index in [1.165, 1.54) is 25.7 Å². The quantitative estimate of drug-likeness (QED) is 0.782. The van der Waals surface area contributed by atoms with Gasteiger partial charge in [0.05, 0.1) is 6.54 Å². The molecule has 0 unspecified atom stereocenters. The predicted octanol–water partition coefficient (Wildman–Crippen LogP) is 2.29. The van der Waals surface area contributed by atoms with Gasteiger partial charge in [-0.1, -0.05) is 6.42 Å². The number of fused-ring (bicyclic) bond motifs is 2. The summed E-state index contributed by atoms with van der Waals surface area (Å²) in [5.41, 5.74) is -0.198. The Labute approximate surface area is 134 Å². The highest BCUT2D eigenvalue weighted by atomic mass is 32.1. The number of nitrogens with zero attached hydrogens (tertiary/aromatic N) is 1. The molecule has 0 aromatic rings. The van der Waals surface area contributed by atoms with E-state index in [4.69, 9.17) is 12.2 Å². The van der Waals surface area contributed by atoms with Crippen molar-refractivity contribution in [3.8, 4) is 0 Å². The zero-order chi connectivity index (χ0) is 15.6. The van der Waals surface area contributed by atoms with E-state index in [-0.39, 0.29) is 11.4 Å². The van der Waals surface area contributed by atoms with Crippen molar-refractivity contribution in [1.29, 1.82) is 0 Å². The summed E-state index contributed by atoms with van der Waals surface area (Å²) in [7, 11) is 0. The molecule has 21 heavy (non-hydrogen) atoms. The van der Waals surface area contributed by atoms with Gasteiger partial charge in [-0.15, -0.1) is 0 Å². The number of amides is 1. The summed E-state index contributed by atoms with van der Waals surface area (Å²) in [5.74, 6) is 1.71. The van der Waals surface area contributed by atoms with Crippen molar-refractivity contribution in [3.63, 3.8) is 0 Å². The SMILES string of the molecule is CCN(CC(=O)NC(C)(C)C)C(=S)N[C@@H]1C[C@H]2CC[C@H]1C2. The van der Waals surface area contributed by atoms with Crippen LogP contribution in [0.2, 0.25) is 0 Å². The second-order valence-electron chi connectivity index (χ2n) is 7.54. The summed E-state index contributed by atoms with van der Waals surface area (Å²) in [6, 6.07) is 0.524. The summed E-state index contributed by atoms with van der Waals surface area (Å²) in [4.78, 5) is 14.0. The van der Waals surface area contributed by atoms with Crippen molar-refractivity contribution in [1.82, 2.24) is 15.5 Å². The van der Waals surface area contributed by atoms with Crippen LogP contribution < -0.4 is 10.6 Å². The molecular weight excluding hydrogens is 282 g/mol.